The number of imide groups is 1. The Hall–Kier alpha value is -4.89. The summed E-state index contributed by atoms with van der Waals surface area (Å²) in [5.41, 5.74) is 3.05. The minimum atomic E-state index is -1.64. The number of aliphatic hydroxyl groups excluding tert-OH is 1. The predicted octanol–water partition coefficient (Wildman–Crippen LogP) is 5.06. The van der Waals surface area contributed by atoms with Crippen LogP contribution in [0.5, 0.6) is 0 Å². The normalized spacial score (nSPS) is 16.0. The number of nitrogens with zero attached hydrogens (tertiary/aromatic N) is 1. The van der Waals surface area contributed by atoms with Gasteiger partial charge in [-0.05, 0) is 55.4 Å². The molecule has 9 heteroatoms. The SMILES string of the molecule is CC(=O)O[C@H](C(=O)C=C(C(=O)CCCCO)c1cccc(C)c1)[C@H](Cc1ccccc1)C(=O)N1C(=O)OC[C@@H]1Cc1ccccc1. The van der Waals surface area contributed by atoms with Crippen LogP contribution in [0, 0.1) is 12.8 Å². The molecule has 9 nitrogen and oxygen atoms in total. The van der Waals surface area contributed by atoms with Gasteiger partial charge < -0.3 is 14.6 Å². The molecular weight excluding hydrogens is 586 g/mol. The Bertz CT molecular complexity index is 1570. The van der Waals surface area contributed by atoms with Crippen molar-refractivity contribution in [2.75, 3.05) is 13.2 Å². The summed E-state index contributed by atoms with van der Waals surface area (Å²) in [6, 6.07) is 24.7. The van der Waals surface area contributed by atoms with E-state index in [1.165, 1.54) is 0 Å². The first-order chi connectivity index (χ1) is 22.2. The van der Waals surface area contributed by atoms with E-state index in [-0.39, 0.29) is 37.4 Å². The number of hydrogen-bond acceptors (Lipinski definition) is 8. The molecule has 0 bridgehead atoms. The minimum absolute atomic E-state index is 0.0244. The lowest BCUT2D eigenvalue weighted by atomic mass is 9.87. The van der Waals surface area contributed by atoms with Crippen molar-refractivity contribution in [3.8, 4) is 0 Å². The van der Waals surface area contributed by atoms with Crippen molar-refractivity contribution in [2.24, 2.45) is 5.92 Å². The number of ether oxygens (including phenoxy) is 2. The van der Waals surface area contributed by atoms with Crippen molar-refractivity contribution >= 4 is 35.1 Å². The number of Topliss-reactive ketones (excluding diaryl/α,β-unsaturated/α-hetero) is 1. The highest BCUT2D eigenvalue weighted by atomic mass is 16.6. The maximum Gasteiger partial charge on any atom is 0.416 e. The summed E-state index contributed by atoms with van der Waals surface area (Å²) < 4.78 is 10.9. The largest absolute Gasteiger partial charge is 0.453 e. The number of benzene rings is 3. The molecule has 2 amide bonds. The molecule has 1 heterocycles. The molecule has 0 aromatic heterocycles. The lowest BCUT2D eigenvalue weighted by Crippen LogP contribution is -2.49. The van der Waals surface area contributed by atoms with Gasteiger partial charge in [-0.3, -0.25) is 19.2 Å². The maximum atomic E-state index is 14.4. The molecule has 3 aromatic rings. The molecule has 240 valence electrons. The quantitative estimate of drug-likeness (QED) is 0.141. The first-order valence-corrected chi connectivity index (χ1v) is 15.4. The number of aryl methyl sites for hydroxylation is 1. The predicted molar refractivity (Wildman–Crippen MR) is 171 cm³/mol. The number of unbranched alkanes of at least 4 members (excludes halogenated alkanes) is 1. The highest BCUT2D eigenvalue weighted by molar-refractivity contribution is 6.25. The molecule has 4 rings (SSSR count). The van der Waals surface area contributed by atoms with Gasteiger partial charge in [-0.25, -0.2) is 9.69 Å². The summed E-state index contributed by atoms with van der Waals surface area (Å²) >= 11 is 0. The number of ketones is 2. The molecule has 1 fully saturated rings. The average molecular weight is 626 g/mol. The number of cyclic esters (lactones) is 1. The van der Waals surface area contributed by atoms with Gasteiger partial charge in [-0.15, -0.1) is 0 Å². The van der Waals surface area contributed by atoms with E-state index >= 15 is 0 Å². The Morgan fingerprint density at radius 3 is 2.26 bits per heavy atom. The van der Waals surface area contributed by atoms with Crippen LogP contribution in [0.1, 0.15) is 48.4 Å². The van der Waals surface area contributed by atoms with Crippen molar-refractivity contribution in [3.05, 3.63) is 113 Å². The van der Waals surface area contributed by atoms with Crippen molar-refractivity contribution in [1.82, 2.24) is 4.90 Å². The van der Waals surface area contributed by atoms with Crippen LogP contribution in [0.15, 0.2) is 91.0 Å². The molecule has 1 saturated heterocycles. The van der Waals surface area contributed by atoms with E-state index in [2.05, 4.69) is 0 Å². The summed E-state index contributed by atoms with van der Waals surface area (Å²) in [6.45, 7) is 2.90. The molecule has 1 N–H and O–H groups in total. The van der Waals surface area contributed by atoms with Crippen molar-refractivity contribution in [3.63, 3.8) is 0 Å². The zero-order chi connectivity index (χ0) is 33.1. The number of rotatable bonds is 15. The minimum Gasteiger partial charge on any atom is -0.453 e. The van der Waals surface area contributed by atoms with E-state index in [0.717, 1.165) is 29.0 Å². The van der Waals surface area contributed by atoms with Gasteiger partial charge in [0.15, 0.2) is 17.7 Å². The number of hydrogen-bond donors (Lipinski definition) is 1. The second-order valence-corrected chi connectivity index (χ2v) is 11.4. The van der Waals surface area contributed by atoms with E-state index in [4.69, 9.17) is 9.47 Å². The van der Waals surface area contributed by atoms with E-state index < -0.39 is 41.8 Å². The third-order valence-corrected chi connectivity index (χ3v) is 7.80. The van der Waals surface area contributed by atoms with E-state index in [1.807, 2.05) is 49.4 Å². The maximum absolute atomic E-state index is 14.4. The molecule has 1 aliphatic heterocycles. The molecule has 0 spiro atoms. The van der Waals surface area contributed by atoms with Gasteiger partial charge in [-0.2, -0.15) is 0 Å². The summed E-state index contributed by atoms with van der Waals surface area (Å²) in [7, 11) is 0. The van der Waals surface area contributed by atoms with Gasteiger partial charge >= 0.3 is 12.1 Å². The number of allylic oxidation sites excluding steroid dienone is 1. The number of amides is 2. The topological polar surface area (TPSA) is 127 Å². The Kier molecular flexibility index (Phi) is 12.1. The van der Waals surface area contributed by atoms with Crippen molar-refractivity contribution in [1.29, 1.82) is 0 Å². The summed E-state index contributed by atoms with van der Waals surface area (Å²) in [4.78, 5) is 68.4. The van der Waals surface area contributed by atoms with Gasteiger partial charge in [0.2, 0.25) is 5.91 Å². The van der Waals surface area contributed by atoms with Gasteiger partial charge in [0.1, 0.15) is 6.61 Å². The van der Waals surface area contributed by atoms with Gasteiger partial charge in [0, 0.05) is 25.5 Å². The second-order valence-electron chi connectivity index (χ2n) is 11.4. The fourth-order valence-electron chi connectivity index (χ4n) is 5.55. The van der Waals surface area contributed by atoms with Gasteiger partial charge in [-0.1, -0.05) is 90.5 Å². The van der Waals surface area contributed by atoms with Crippen LogP contribution in [0.25, 0.3) is 5.57 Å². The Morgan fingerprint density at radius 2 is 1.63 bits per heavy atom. The second kappa shape index (κ2) is 16.4. The molecule has 3 atom stereocenters. The van der Waals surface area contributed by atoms with Crippen LogP contribution < -0.4 is 0 Å². The number of aliphatic hydroxyl groups is 1. The number of carbonyl (C=O) groups is 5. The highest BCUT2D eigenvalue weighted by Crippen LogP contribution is 2.27. The third-order valence-electron chi connectivity index (χ3n) is 7.80. The van der Waals surface area contributed by atoms with Crippen LogP contribution in [0.2, 0.25) is 0 Å². The molecule has 3 aromatic carbocycles. The highest BCUT2D eigenvalue weighted by Gasteiger charge is 2.45. The number of carbonyl (C=O) groups excluding carboxylic acids is 5. The van der Waals surface area contributed by atoms with Crippen LogP contribution in [0.3, 0.4) is 0 Å². The molecule has 0 unspecified atom stereocenters. The van der Waals surface area contributed by atoms with E-state index in [0.29, 0.717) is 30.4 Å². The third kappa shape index (κ3) is 9.08. The molecule has 46 heavy (non-hydrogen) atoms. The molecule has 0 aliphatic carbocycles. The molecule has 0 saturated carbocycles. The van der Waals surface area contributed by atoms with Crippen molar-refractivity contribution in [2.45, 2.75) is 58.1 Å². The summed E-state index contributed by atoms with van der Waals surface area (Å²) in [5, 5.41) is 9.22. The molecule has 1 aliphatic rings. The first kappa shape index (κ1) is 34.0. The molecular formula is C37H39NO8. The van der Waals surface area contributed by atoms with Gasteiger partial charge in [0.05, 0.1) is 12.0 Å². The fourth-order valence-corrected chi connectivity index (χ4v) is 5.55. The van der Waals surface area contributed by atoms with Crippen LogP contribution in [0.4, 0.5) is 4.79 Å². The fraction of sp³-hybridized carbons (Fsp3) is 0.324. The van der Waals surface area contributed by atoms with Gasteiger partial charge in [0.25, 0.3) is 0 Å². The van der Waals surface area contributed by atoms with E-state index in [1.54, 1.807) is 42.5 Å². The van der Waals surface area contributed by atoms with E-state index in [9.17, 15) is 29.1 Å². The summed E-state index contributed by atoms with van der Waals surface area (Å²) in [6.07, 6.45) is -0.118. The Balaban J connectivity index is 1.76. The lowest BCUT2D eigenvalue weighted by molar-refractivity contribution is -0.158. The lowest BCUT2D eigenvalue weighted by Gasteiger charge is -2.29. The van der Waals surface area contributed by atoms with Crippen LogP contribution in [-0.4, -0.2) is 64.9 Å². The number of esters is 1. The first-order valence-electron chi connectivity index (χ1n) is 15.4. The summed E-state index contributed by atoms with van der Waals surface area (Å²) in [5.74, 6) is -3.91. The van der Waals surface area contributed by atoms with Crippen molar-refractivity contribution < 1.29 is 38.6 Å². The van der Waals surface area contributed by atoms with Crippen LogP contribution >= 0.6 is 0 Å². The smallest absolute Gasteiger partial charge is 0.416 e. The standard InChI is InChI=1S/C37H39NO8/c1-25-12-11-17-29(20-25)31(33(41)18-9-10-19-39)23-34(42)35(46-26(2)40)32(22-28-15-7-4-8-16-28)36(43)38-30(24-45-37(38)44)21-27-13-5-3-6-14-27/h3-8,11-17,20,23,30,32,35,39H,9-10,18-19,21-22,24H2,1-2H3/t30-,32-,35-/m0/s1. The average Bonchev–Trinajstić information content (AvgIpc) is 3.41. The Morgan fingerprint density at radius 1 is 0.957 bits per heavy atom. The van der Waals surface area contributed by atoms with Crippen LogP contribution in [-0.2, 0) is 41.5 Å². The molecule has 0 radical (unpaired) electrons. The monoisotopic (exact) mass is 625 g/mol. The Labute approximate surface area is 268 Å². The zero-order valence-corrected chi connectivity index (χ0v) is 26.1. The zero-order valence-electron chi connectivity index (χ0n) is 26.1.